The summed E-state index contributed by atoms with van der Waals surface area (Å²) in [5.41, 5.74) is 7.97. The average molecular weight is 480 g/mol. The Balaban J connectivity index is 1.17. The van der Waals surface area contributed by atoms with Gasteiger partial charge in [0.15, 0.2) is 18.2 Å². The molecule has 1 amide bonds. The summed E-state index contributed by atoms with van der Waals surface area (Å²) in [7, 11) is 1.58. The molecule has 1 aliphatic heterocycles. The number of hydrogen-bond acceptors (Lipinski definition) is 9. The first-order chi connectivity index (χ1) is 17.0. The number of nitrogens with one attached hydrogen (secondary N) is 2. The first kappa shape index (κ1) is 23.2. The molecular formula is C24H29N7O4. The number of aromatic nitrogens is 4. The average Bonchev–Trinajstić information content (AvgIpc) is 2.88. The van der Waals surface area contributed by atoms with Gasteiger partial charge < -0.3 is 30.4 Å². The number of nitrogens with zero attached hydrogens (tertiary/aromatic N) is 4. The standard InChI is InChI=1S/C24H29N7O4/c1-34-16-8-19-18(27-9-16)6-7-23(33)31(19)12-17(25)14-2-4-15(5-3-14)26-11-21-28-10-20-24(29-21)30-22(32)13-35-20/h6-10,14-15,17,26H,2-5,11-13,25H2,1H3,(H,28,29,30,32)/t14-,15-,17-/m1/s1. The summed E-state index contributed by atoms with van der Waals surface area (Å²) in [6.07, 6.45) is 7.12. The van der Waals surface area contributed by atoms with E-state index in [0.29, 0.717) is 48.2 Å². The quantitative estimate of drug-likeness (QED) is 0.455. The van der Waals surface area contributed by atoms with Crippen LogP contribution in [0.3, 0.4) is 0 Å². The molecule has 1 fully saturated rings. The number of nitrogens with two attached hydrogens (primary N) is 1. The van der Waals surface area contributed by atoms with Gasteiger partial charge in [0.1, 0.15) is 11.6 Å². The number of ether oxygens (including phenoxy) is 2. The van der Waals surface area contributed by atoms with Gasteiger partial charge in [-0.25, -0.2) is 9.97 Å². The van der Waals surface area contributed by atoms with E-state index in [1.54, 1.807) is 30.1 Å². The van der Waals surface area contributed by atoms with E-state index >= 15 is 0 Å². The van der Waals surface area contributed by atoms with Gasteiger partial charge in [0.05, 0.1) is 37.1 Å². The van der Waals surface area contributed by atoms with Gasteiger partial charge in [0, 0.05) is 30.8 Å². The number of pyridine rings is 2. The molecule has 4 N–H and O–H groups in total. The number of amides is 1. The molecule has 184 valence electrons. The number of fused-ring (bicyclic) bond motifs is 2. The highest BCUT2D eigenvalue weighted by Crippen LogP contribution is 2.28. The van der Waals surface area contributed by atoms with Crippen LogP contribution in [0.2, 0.25) is 0 Å². The summed E-state index contributed by atoms with van der Waals surface area (Å²) in [4.78, 5) is 37.2. The van der Waals surface area contributed by atoms with E-state index in [4.69, 9.17) is 15.2 Å². The van der Waals surface area contributed by atoms with Crippen molar-refractivity contribution < 1.29 is 14.3 Å². The molecule has 1 saturated carbocycles. The molecule has 0 radical (unpaired) electrons. The first-order valence-corrected chi connectivity index (χ1v) is 11.8. The Morgan fingerprint density at radius 3 is 2.86 bits per heavy atom. The molecule has 3 aromatic heterocycles. The maximum absolute atomic E-state index is 12.6. The van der Waals surface area contributed by atoms with E-state index in [0.717, 1.165) is 36.7 Å². The lowest BCUT2D eigenvalue weighted by Crippen LogP contribution is -2.42. The van der Waals surface area contributed by atoms with Crippen molar-refractivity contribution in [3.05, 3.63) is 46.8 Å². The van der Waals surface area contributed by atoms with Crippen molar-refractivity contribution in [3.63, 3.8) is 0 Å². The molecule has 1 atom stereocenters. The van der Waals surface area contributed by atoms with Crippen LogP contribution >= 0.6 is 0 Å². The molecule has 0 aromatic carbocycles. The third-order valence-electron chi connectivity index (χ3n) is 6.79. The predicted molar refractivity (Wildman–Crippen MR) is 129 cm³/mol. The van der Waals surface area contributed by atoms with Crippen LogP contribution in [0.15, 0.2) is 35.4 Å². The molecule has 11 heteroatoms. The summed E-state index contributed by atoms with van der Waals surface area (Å²) in [5.74, 6) is 2.22. The zero-order chi connectivity index (χ0) is 24.4. The fourth-order valence-corrected chi connectivity index (χ4v) is 4.79. The predicted octanol–water partition coefficient (Wildman–Crippen LogP) is 1.20. The van der Waals surface area contributed by atoms with E-state index in [9.17, 15) is 9.59 Å². The summed E-state index contributed by atoms with van der Waals surface area (Å²) >= 11 is 0. The van der Waals surface area contributed by atoms with Crippen molar-refractivity contribution in [1.29, 1.82) is 0 Å². The lowest BCUT2D eigenvalue weighted by atomic mass is 9.81. The van der Waals surface area contributed by atoms with Gasteiger partial charge >= 0.3 is 0 Å². The molecule has 3 aromatic rings. The van der Waals surface area contributed by atoms with Crippen molar-refractivity contribution >= 4 is 22.8 Å². The minimum atomic E-state index is -0.217. The Bertz CT molecular complexity index is 1290. The van der Waals surface area contributed by atoms with Crippen LogP contribution in [-0.2, 0) is 17.9 Å². The van der Waals surface area contributed by atoms with E-state index in [2.05, 4.69) is 25.6 Å². The maximum Gasteiger partial charge on any atom is 0.263 e. The molecule has 0 spiro atoms. The molecule has 0 bridgehead atoms. The molecule has 1 aliphatic carbocycles. The lowest BCUT2D eigenvalue weighted by Gasteiger charge is -2.33. The second kappa shape index (κ2) is 9.96. The Kier molecular flexibility index (Phi) is 6.60. The number of methoxy groups -OCH3 is 1. The summed E-state index contributed by atoms with van der Waals surface area (Å²) in [5, 5.41) is 6.22. The third kappa shape index (κ3) is 5.10. The minimum absolute atomic E-state index is 0.0143. The van der Waals surface area contributed by atoms with Crippen molar-refractivity contribution in [3.8, 4) is 11.5 Å². The zero-order valence-corrected chi connectivity index (χ0v) is 19.6. The highest BCUT2D eigenvalue weighted by atomic mass is 16.5. The fourth-order valence-electron chi connectivity index (χ4n) is 4.79. The molecule has 35 heavy (non-hydrogen) atoms. The number of rotatable bonds is 7. The molecule has 0 saturated heterocycles. The fraction of sp³-hybridized carbons (Fsp3) is 0.458. The summed E-state index contributed by atoms with van der Waals surface area (Å²) in [6, 6.07) is 5.28. The molecule has 11 nitrogen and oxygen atoms in total. The molecule has 2 aliphatic rings. The van der Waals surface area contributed by atoms with Crippen LogP contribution in [0.1, 0.15) is 31.5 Å². The van der Waals surface area contributed by atoms with Crippen molar-refractivity contribution in [2.45, 2.75) is 50.9 Å². The second-order valence-corrected chi connectivity index (χ2v) is 9.05. The van der Waals surface area contributed by atoms with Crippen molar-refractivity contribution in [2.75, 3.05) is 19.0 Å². The first-order valence-electron chi connectivity index (χ1n) is 11.8. The summed E-state index contributed by atoms with van der Waals surface area (Å²) in [6.45, 7) is 0.925. The Morgan fingerprint density at radius 2 is 2.06 bits per heavy atom. The Hall–Kier alpha value is -3.57. The van der Waals surface area contributed by atoms with Crippen LogP contribution in [0.5, 0.6) is 11.5 Å². The minimum Gasteiger partial charge on any atom is -0.495 e. The Labute approximate surface area is 202 Å². The van der Waals surface area contributed by atoms with E-state index < -0.39 is 0 Å². The van der Waals surface area contributed by atoms with Gasteiger partial charge in [-0.15, -0.1) is 0 Å². The summed E-state index contributed by atoms with van der Waals surface area (Å²) < 4.78 is 12.3. The molecular weight excluding hydrogens is 450 g/mol. The van der Waals surface area contributed by atoms with Crippen LogP contribution in [0.25, 0.3) is 11.0 Å². The normalized spacial score (nSPS) is 20.6. The highest BCUT2D eigenvalue weighted by Gasteiger charge is 2.27. The zero-order valence-electron chi connectivity index (χ0n) is 19.6. The molecule has 5 rings (SSSR count). The van der Waals surface area contributed by atoms with Crippen molar-refractivity contribution in [2.24, 2.45) is 11.7 Å². The van der Waals surface area contributed by atoms with Crippen molar-refractivity contribution in [1.82, 2.24) is 24.8 Å². The van der Waals surface area contributed by atoms with Crippen LogP contribution in [0, 0.1) is 5.92 Å². The van der Waals surface area contributed by atoms with Gasteiger partial charge in [0.2, 0.25) is 0 Å². The SMILES string of the molecule is COc1cnc2ccc(=O)n(C[C@@H](N)[C@H]3CC[C@H](NCc4ncc5c(n4)NC(=O)CO5)CC3)c2c1. The second-order valence-electron chi connectivity index (χ2n) is 9.05. The van der Waals surface area contributed by atoms with E-state index in [-0.39, 0.29) is 24.1 Å². The van der Waals surface area contributed by atoms with Gasteiger partial charge in [-0.1, -0.05) is 0 Å². The number of carbonyl (C=O) groups is 1. The molecule has 4 heterocycles. The monoisotopic (exact) mass is 479 g/mol. The van der Waals surface area contributed by atoms with Gasteiger partial charge in [-0.05, 0) is 37.7 Å². The lowest BCUT2D eigenvalue weighted by molar-refractivity contribution is -0.118. The number of carbonyl (C=O) groups excluding carboxylic acids is 1. The largest absolute Gasteiger partial charge is 0.495 e. The molecule has 0 unspecified atom stereocenters. The third-order valence-corrected chi connectivity index (χ3v) is 6.79. The van der Waals surface area contributed by atoms with Gasteiger partial charge in [-0.3, -0.25) is 14.6 Å². The van der Waals surface area contributed by atoms with Crippen LogP contribution in [-0.4, -0.2) is 51.2 Å². The van der Waals surface area contributed by atoms with Crippen LogP contribution in [0.4, 0.5) is 5.82 Å². The highest BCUT2D eigenvalue weighted by molar-refractivity contribution is 5.94. The topological polar surface area (TPSA) is 146 Å². The number of anilines is 1. The smallest absolute Gasteiger partial charge is 0.263 e. The van der Waals surface area contributed by atoms with Gasteiger partial charge in [0.25, 0.3) is 11.5 Å². The number of hydrogen-bond donors (Lipinski definition) is 3. The maximum atomic E-state index is 12.6. The van der Waals surface area contributed by atoms with Gasteiger partial charge in [-0.2, -0.15) is 0 Å². The Morgan fingerprint density at radius 1 is 1.23 bits per heavy atom. The van der Waals surface area contributed by atoms with Crippen LogP contribution < -0.4 is 31.4 Å². The van der Waals surface area contributed by atoms with E-state index in [1.807, 2.05) is 6.07 Å². The van der Waals surface area contributed by atoms with E-state index in [1.165, 1.54) is 6.07 Å².